The van der Waals surface area contributed by atoms with Crippen molar-refractivity contribution in [1.29, 1.82) is 0 Å². The molecule has 2 nitrogen and oxygen atoms in total. The summed E-state index contributed by atoms with van der Waals surface area (Å²) in [7, 11) is 0. The molecule has 1 rings (SSSR count). The van der Waals surface area contributed by atoms with E-state index < -0.39 is 0 Å². The first-order valence-electron chi connectivity index (χ1n) is 5.00. The van der Waals surface area contributed by atoms with E-state index in [1.54, 1.807) is 6.08 Å². The molecule has 0 heterocycles. The molecule has 0 saturated carbocycles. The van der Waals surface area contributed by atoms with Crippen molar-refractivity contribution in [1.82, 2.24) is 0 Å². The lowest BCUT2D eigenvalue weighted by atomic mass is 9.84. The van der Waals surface area contributed by atoms with E-state index in [0.29, 0.717) is 5.92 Å². The SMILES string of the molecule is CCC(N=C=O)C1CC=C(C)CC1. The van der Waals surface area contributed by atoms with Gasteiger partial charge in [-0.3, -0.25) is 0 Å². The zero-order valence-corrected chi connectivity index (χ0v) is 8.42. The number of allylic oxidation sites excluding steroid dienone is 2. The van der Waals surface area contributed by atoms with Crippen LogP contribution in [0.5, 0.6) is 0 Å². The van der Waals surface area contributed by atoms with E-state index in [-0.39, 0.29) is 6.04 Å². The fourth-order valence-electron chi connectivity index (χ4n) is 1.93. The van der Waals surface area contributed by atoms with Crippen molar-refractivity contribution in [3.8, 4) is 0 Å². The summed E-state index contributed by atoms with van der Waals surface area (Å²) in [6.45, 7) is 4.25. The Bertz CT molecular complexity index is 238. The number of carbonyl (C=O) groups excluding carboxylic acids is 1. The first-order chi connectivity index (χ1) is 6.27. The van der Waals surface area contributed by atoms with Gasteiger partial charge in [0.2, 0.25) is 6.08 Å². The maximum atomic E-state index is 10.2. The van der Waals surface area contributed by atoms with Crippen LogP contribution in [0.2, 0.25) is 0 Å². The molecule has 0 spiro atoms. The first-order valence-corrected chi connectivity index (χ1v) is 5.00. The van der Waals surface area contributed by atoms with E-state index >= 15 is 0 Å². The van der Waals surface area contributed by atoms with Crippen molar-refractivity contribution in [2.24, 2.45) is 10.9 Å². The first kappa shape index (κ1) is 10.2. The largest absolute Gasteiger partial charge is 0.235 e. The molecule has 0 aromatic heterocycles. The van der Waals surface area contributed by atoms with E-state index in [4.69, 9.17) is 0 Å². The van der Waals surface area contributed by atoms with Gasteiger partial charge in [0.15, 0.2) is 0 Å². The number of isocyanates is 1. The Morgan fingerprint density at radius 2 is 2.54 bits per heavy atom. The molecule has 1 aliphatic rings. The third kappa shape index (κ3) is 2.82. The molecule has 72 valence electrons. The fraction of sp³-hybridized carbons (Fsp3) is 0.727. The molecule has 0 amide bonds. The minimum Gasteiger partial charge on any atom is -0.211 e. The van der Waals surface area contributed by atoms with Crippen molar-refractivity contribution in [2.45, 2.75) is 45.6 Å². The molecule has 2 heteroatoms. The van der Waals surface area contributed by atoms with Gasteiger partial charge in [-0.15, -0.1) is 0 Å². The van der Waals surface area contributed by atoms with Crippen LogP contribution in [0.4, 0.5) is 0 Å². The van der Waals surface area contributed by atoms with Crippen molar-refractivity contribution in [3.63, 3.8) is 0 Å². The average Bonchev–Trinajstić information content (AvgIpc) is 2.16. The van der Waals surface area contributed by atoms with Gasteiger partial charge in [0.05, 0.1) is 6.04 Å². The number of rotatable bonds is 3. The van der Waals surface area contributed by atoms with E-state index in [2.05, 4.69) is 24.9 Å². The summed E-state index contributed by atoms with van der Waals surface area (Å²) in [5.41, 5.74) is 1.47. The van der Waals surface area contributed by atoms with Gasteiger partial charge in [-0.1, -0.05) is 18.6 Å². The molecule has 0 fully saturated rings. The molecule has 13 heavy (non-hydrogen) atoms. The summed E-state index contributed by atoms with van der Waals surface area (Å²) in [4.78, 5) is 14.0. The molecule has 0 aromatic rings. The zero-order valence-electron chi connectivity index (χ0n) is 8.42. The van der Waals surface area contributed by atoms with Gasteiger partial charge in [0.25, 0.3) is 0 Å². The standard InChI is InChI=1S/C11H17NO/c1-3-11(12-8-13)10-6-4-9(2)5-7-10/h4,10-11H,3,5-7H2,1-2H3. The van der Waals surface area contributed by atoms with Crippen molar-refractivity contribution in [2.75, 3.05) is 0 Å². The maximum absolute atomic E-state index is 10.2. The lowest BCUT2D eigenvalue weighted by Crippen LogP contribution is -2.19. The molecule has 2 unspecified atom stereocenters. The smallest absolute Gasteiger partial charge is 0.211 e. The van der Waals surface area contributed by atoms with Crippen LogP contribution >= 0.6 is 0 Å². The van der Waals surface area contributed by atoms with Gasteiger partial charge in [-0.25, -0.2) is 9.79 Å². The Balaban J connectivity index is 2.56. The van der Waals surface area contributed by atoms with Crippen LogP contribution in [0, 0.1) is 5.92 Å². The molecule has 0 saturated heterocycles. The second-order valence-electron chi connectivity index (χ2n) is 3.78. The molecule has 0 radical (unpaired) electrons. The average molecular weight is 179 g/mol. The van der Waals surface area contributed by atoms with E-state index in [1.165, 1.54) is 12.0 Å². The predicted octanol–water partition coefficient (Wildman–Crippen LogP) is 2.85. The molecule has 0 N–H and O–H groups in total. The van der Waals surface area contributed by atoms with Crippen LogP contribution in [-0.2, 0) is 4.79 Å². The van der Waals surface area contributed by atoms with E-state index in [1.807, 2.05) is 0 Å². The number of hydrogen-bond donors (Lipinski definition) is 0. The van der Waals surface area contributed by atoms with Gasteiger partial charge in [0, 0.05) is 0 Å². The maximum Gasteiger partial charge on any atom is 0.235 e. The highest BCUT2D eigenvalue weighted by Gasteiger charge is 2.20. The minimum atomic E-state index is 0.196. The van der Waals surface area contributed by atoms with Crippen LogP contribution in [0.15, 0.2) is 16.6 Å². The second kappa shape index (κ2) is 4.98. The van der Waals surface area contributed by atoms with Crippen LogP contribution < -0.4 is 0 Å². The highest BCUT2D eigenvalue weighted by atomic mass is 16.1. The summed E-state index contributed by atoms with van der Waals surface area (Å²) in [5, 5.41) is 0. The molecule has 0 aliphatic heterocycles. The van der Waals surface area contributed by atoms with Gasteiger partial charge in [-0.05, 0) is 38.5 Å². The summed E-state index contributed by atoms with van der Waals surface area (Å²) >= 11 is 0. The molecule has 1 aliphatic carbocycles. The Labute approximate surface area is 79.8 Å². The number of hydrogen-bond acceptors (Lipinski definition) is 2. The molecular weight excluding hydrogens is 162 g/mol. The monoisotopic (exact) mass is 179 g/mol. The Hall–Kier alpha value is -0.880. The van der Waals surface area contributed by atoms with E-state index in [0.717, 1.165) is 19.3 Å². The summed E-state index contributed by atoms with van der Waals surface area (Å²) in [6, 6.07) is 0.196. The third-order valence-corrected chi connectivity index (χ3v) is 2.86. The van der Waals surface area contributed by atoms with E-state index in [9.17, 15) is 4.79 Å². The Kier molecular flexibility index (Phi) is 3.91. The van der Waals surface area contributed by atoms with Gasteiger partial charge < -0.3 is 0 Å². The van der Waals surface area contributed by atoms with Crippen molar-refractivity contribution in [3.05, 3.63) is 11.6 Å². The number of aliphatic imine (C=N–C) groups is 1. The van der Waals surface area contributed by atoms with Gasteiger partial charge in [0.1, 0.15) is 0 Å². The predicted molar refractivity (Wildman–Crippen MR) is 53.3 cm³/mol. The Morgan fingerprint density at radius 1 is 1.77 bits per heavy atom. The van der Waals surface area contributed by atoms with Crippen LogP contribution in [0.1, 0.15) is 39.5 Å². The third-order valence-electron chi connectivity index (χ3n) is 2.86. The Morgan fingerprint density at radius 3 is 3.00 bits per heavy atom. The van der Waals surface area contributed by atoms with Crippen LogP contribution in [0.3, 0.4) is 0 Å². The van der Waals surface area contributed by atoms with Gasteiger partial charge in [-0.2, -0.15) is 0 Å². The highest BCUT2D eigenvalue weighted by Crippen LogP contribution is 2.28. The lowest BCUT2D eigenvalue weighted by molar-refractivity contribution is 0.375. The number of nitrogens with zero attached hydrogens (tertiary/aromatic N) is 1. The van der Waals surface area contributed by atoms with Crippen LogP contribution in [0.25, 0.3) is 0 Å². The molecular formula is C11H17NO. The van der Waals surface area contributed by atoms with Gasteiger partial charge >= 0.3 is 0 Å². The zero-order chi connectivity index (χ0) is 9.68. The fourth-order valence-corrected chi connectivity index (χ4v) is 1.93. The normalized spacial score (nSPS) is 24.5. The quantitative estimate of drug-likeness (QED) is 0.372. The lowest BCUT2D eigenvalue weighted by Gasteiger charge is -2.24. The van der Waals surface area contributed by atoms with Crippen molar-refractivity contribution < 1.29 is 4.79 Å². The topological polar surface area (TPSA) is 29.4 Å². The second-order valence-corrected chi connectivity index (χ2v) is 3.78. The summed E-state index contributed by atoms with van der Waals surface area (Å²) in [6.07, 6.45) is 8.32. The van der Waals surface area contributed by atoms with Crippen LogP contribution in [-0.4, -0.2) is 12.1 Å². The summed E-state index contributed by atoms with van der Waals surface area (Å²) in [5.74, 6) is 0.565. The minimum absolute atomic E-state index is 0.196. The molecule has 2 atom stereocenters. The molecule has 0 bridgehead atoms. The summed E-state index contributed by atoms with van der Waals surface area (Å²) < 4.78 is 0. The highest BCUT2D eigenvalue weighted by molar-refractivity contribution is 5.33. The molecule has 0 aromatic carbocycles. The van der Waals surface area contributed by atoms with Crippen molar-refractivity contribution >= 4 is 6.08 Å².